The lowest BCUT2D eigenvalue weighted by atomic mass is 9.93. The van der Waals surface area contributed by atoms with Gasteiger partial charge in [0.1, 0.15) is 5.82 Å². The molecule has 2 amide bonds. The minimum absolute atomic E-state index is 0.0890. The van der Waals surface area contributed by atoms with Crippen molar-refractivity contribution in [2.75, 3.05) is 0 Å². The Labute approximate surface area is 163 Å². The number of benzene rings is 2. The number of hydrogen-bond donors (Lipinski definition) is 2. The summed E-state index contributed by atoms with van der Waals surface area (Å²) >= 11 is 0. The third kappa shape index (κ3) is 3.41. The van der Waals surface area contributed by atoms with E-state index in [2.05, 4.69) is 15.3 Å². The zero-order valence-electron chi connectivity index (χ0n) is 15.8. The molecule has 6 nitrogen and oxygen atoms in total. The third-order valence-electron chi connectivity index (χ3n) is 5.04. The summed E-state index contributed by atoms with van der Waals surface area (Å²) in [6.45, 7) is 3.41. The molecular formula is C22H22N4O2. The van der Waals surface area contributed by atoms with Gasteiger partial charge in [0.05, 0.1) is 29.5 Å². The summed E-state index contributed by atoms with van der Waals surface area (Å²) in [5, 5.41) is 3.00. The minimum Gasteiger partial charge on any atom is -0.346 e. The molecule has 0 unspecified atom stereocenters. The van der Waals surface area contributed by atoms with Crippen LogP contribution in [-0.4, -0.2) is 26.7 Å². The molecule has 4 rings (SSSR count). The molecular weight excluding hydrogens is 352 g/mol. The highest BCUT2D eigenvalue weighted by Gasteiger charge is 2.28. The van der Waals surface area contributed by atoms with Crippen LogP contribution in [0.3, 0.4) is 0 Å². The topological polar surface area (TPSA) is 78.1 Å². The first-order valence-electron chi connectivity index (χ1n) is 9.33. The first-order valence-corrected chi connectivity index (χ1v) is 9.33. The third-order valence-corrected chi connectivity index (χ3v) is 5.04. The number of imidazole rings is 1. The number of carbonyl (C=O) groups is 2. The number of nitrogens with one attached hydrogen (secondary N) is 2. The number of rotatable bonds is 4. The van der Waals surface area contributed by atoms with Crippen LogP contribution in [0.4, 0.5) is 0 Å². The fourth-order valence-electron chi connectivity index (χ4n) is 3.64. The van der Waals surface area contributed by atoms with Crippen LogP contribution in [-0.2, 0) is 9.59 Å². The van der Waals surface area contributed by atoms with E-state index < -0.39 is 0 Å². The predicted octanol–water partition coefficient (Wildman–Crippen LogP) is 3.70. The van der Waals surface area contributed by atoms with Gasteiger partial charge in [-0.05, 0) is 36.3 Å². The normalized spacial score (nSPS) is 16.6. The van der Waals surface area contributed by atoms with Crippen molar-refractivity contribution in [3.63, 3.8) is 0 Å². The lowest BCUT2D eigenvalue weighted by molar-refractivity contribution is -0.130. The van der Waals surface area contributed by atoms with Gasteiger partial charge in [0.25, 0.3) is 0 Å². The van der Waals surface area contributed by atoms with Crippen LogP contribution in [0.5, 0.6) is 0 Å². The lowest BCUT2D eigenvalue weighted by Crippen LogP contribution is -2.36. The number of fused-ring (bicyclic) bond motifs is 2. The maximum Gasteiger partial charge on any atom is 0.223 e. The van der Waals surface area contributed by atoms with Crippen LogP contribution in [0, 0.1) is 0 Å². The first kappa shape index (κ1) is 18.0. The molecule has 1 aromatic heterocycles. The van der Waals surface area contributed by atoms with Crippen molar-refractivity contribution in [2.24, 2.45) is 0 Å². The fraction of sp³-hybridized carbons (Fsp3) is 0.227. The highest BCUT2D eigenvalue weighted by Crippen LogP contribution is 2.33. The van der Waals surface area contributed by atoms with Gasteiger partial charge >= 0.3 is 0 Å². The van der Waals surface area contributed by atoms with Crippen molar-refractivity contribution >= 4 is 28.9 Å². The molecule has 0 radical (unpaired) electrons. The standard InChI is InChI=1S/C22H22N4O2/c1-14(22-24-18-9-5-6-10-19(18)25-22)23-21(28)13-20-17-8-4-3-7-16(17)11-12-26(20)15(2)27/h3-12,14,20H,13H2,1-2H3,(H,23,28)(H,24,25)/t14-,20+/m0/s1. The second kappa shape index (κ2) is 7.31. The van der Waals surface area contributed by atoms with Gasteiger partial charge in [-0.1, -0.05) is 36.4 Å². The van der Waals surface area contributed by atoms with E-state index in [1.807, 2.05) is 61.5 Å². The van der Waals surface area contributed by atoms with Gasteiger partial charge in [0.2, 0.25) is 11.8 Å². The monoisotopic (exact) mass is 374 g/mol. The number of hydrogen-bond acceptors (Lipinski definition) is 3. The molecule has 1 aliphatic rings. The number of H-pyrrole nitrogens is 1. The van der Waals surface area contributed by atoms with Gasteiger partial charge in [-0.25, -0.2) is 4.98 Å². The van der Waals surface area contributed by atoms with Gasteiger partial charge in [-0.15, -0.1) is 0 Å². The fourth-order valence-corrected chi connectivity index (χ4v) is 3.64. The molecule has 28 heavy (non-hydrogen) atoms. The molecule has 6 heteroatoms. The summed E-state index contributed by atoms with van der Waals surface area (Å²) < 4.78 is 0. The smallest absolute Gasteiger partial charge is 0.223 e. The van der Waals surface area contributed by atoms with Gasteiger partial charge in [-0.3, -0.25) is 9.59 Å². The Morgan fingerprint density at radius 3 is 2.71 bits per heavy atom. The van der Waals surface area contributed by atoms with E-state index in [0.29, 0.717) is 5.82 Å². The summed E-state index contributed by atoms with van der Waals surface area (Å²) in [6.07, 6.45) is 3.85. The Balaban J connectivity index is 1.51. The molecule has 2 atom stereocenters. The van der Waals surface area contributed by atoms with E-state index in [-0.39, 0.29) is 30.3 Å². The molecule has 0 aliphatic carbocycles. The second-order valence-electron chi connectivity index (χ2n) is 7.02. The largest absolute Gasteiger partial charge is 0.346 e. The Kier molecular flexibility index (Phi) is 4.69. The van der Waals surface area contributed by atoms with Gasteiger partial charge in [0.15, 0.2) is 0 Å². The summed E-state index contributed by atoms with van der Waals surface area (Å²) in [7, 11) is 0. The molecule has 0 spiro atoms. The molecule has 0 fully saturated rings. The molecule has 2 N–H and O–H groups in total. The van der Waals surface area contributed by atoms with E-state index in [1.54, 1.807) is 11.1 Å². The highest BCUT2D eigenvalue weighted by molar-refractivity contribution is 5.82. The summed E-state index contributed by atoms with van der Waals surface area (Å²) in [4.78, 5) is 34.3. The number of aromatic nitrogens is 2. The molecule has 1 aliphatic heterocycles. The number of amides is 2. The second-order valence-corrected chi connectivity index (χ2v) is 7.02. The summed E-state index contributed by atoms with van der Waals surface area (Å²) in [5.74, 6) is 0.491. The highest BCUT2D eigenvalue weighted by atomic mass is 16.2. The van der Waals surface area contributed by atoms with E-state index in [9.17, 15) is 9.59 Å². The van der Waals surface area contributed by atoms with Gasteiger partial charge in [0, 0.05) is 13.1 Å². The Morgan fingerprint density at radius 1 is 1.18 bits per heavy atom. The van der Waals surface area contributed by atoms with E-state index in [1.165, 1.54) is 6.92 Å². The van der Waals surface area contributed by atoms with Crippen LogP contribution in [0.2, 0.25) is 0 Å². The Hall–Kier alpha value is -3.41. The maximum atomic E-state index is 12.8. The molecule has 2 heterocycles. The lowest BCUT2D eigenvalue weighted by Gasteiger charge is -2.32. The van der Waals surface area contributed by atoms with E-state index >= 15 is 0 Å². The van der Waals surface area contributed by atoms with Crippen molar-refractivity contribution in [3.8, 4) is 0 Å². The van der Waals surface area contributed by atoms with Crippen molar-refractivity contribution in [2.45, 2.75) is 32.4 Å². The van der Waals surface area contributed by atoms with Crippen molar-refractivity contribution in [1.29, 1.82) is 0 Å². The zero-order chi connectivity index (χ0) is 19.7. The van der Waals surface area contributed by atoms with Crippen molar-refractivity contribution < 1.29 is 9.59 Å². The van der Waals surface area contributed by atoms with Crippen LogP contribution in [0.1, 0.15) is 49.3 Å². The summed E-state index contributed by atoms with van der Waals surface area (Å²) in [5.41, 5.74) is 3.82. The quantitative estimate of drug-likeness (QED) is 0.731. The SMILES string of the molecule is CC(=O)N1C=Cc2ccccc2[C@H]1CC(=O)N[C@@H](C)c1nc2ccccc2[nH]1. The molecule has 0 saturated heterocycles. The van der Waals surface area contributed by atoms with Crippen molar-refractivity contribution in [1.82, 2.24) is 20.2 Å². The molecule has 142 valence electrons. The molecule has 3 aromatic rings. The number of nitrogens with zero attached hydrogens (tertiary/aromatic N) is 2. The number of para-hydroxylation sites is 2. The zero-order valence-corrected chi connectivity index (χ0v) is 15.8. The van der Waals surface area contributed by atoms with Crippen LogP contribution in [0.25, 0.3) is 17.1 Å². The Bertz CT molecular complexity index is 1040. The van der Waals surface area contributed by atoms with E-state index in [0.717, 1.165) is 22.2 Å². The maximum absolute atomic E-state index is 12.8. The average molecular weight is 374 g/mol. The first-order chi connectivity index (χ1) is 13.5. The molecule has 0 bridgehead atoms. The van der Waals surface area contributed by atoms with Crippen LogP contribution < -0.4 is 5.32 Å². The minimum atomic E-state index is -0.318. The van der Waals surface area contributed by atoms with Gasteiger partial charge < -0.3 is 15.2 Å². The van der Waals surface area contributed by atoms with Crippen molar-refractivity contribution in [3.05, 3.63) is 71.7 Å². The average Bonchev–Trinajstić information content (AvgIpc) is 3.12. The number of carbonyl (C=O) groups excluding carboxylic acids is 2. The molecule has 2 aromatic carbocycles. The van der Waals surface area contributed by atoms with Crippen LogP contribution in [0.15, 0.2) is 54.7 Å². The van der Waals surface area contributed by atoms with E-state index in [4.69, 9.17) is 0 Å². The number of aromatic amines is 1. The predicted molar refractivity (Wildman–Crippen MR) is 108 cm³/mol. The van der Waals surface area contributed by atoms with Gasteiger partial charge in [-0.2, -0.15) is 0 Å². The van der Waals surface area contributed by atoms with Crippen LogP contribution >= 0.6 is 0 Å². The summed E-state index contributed by atoms with van der Waals surface area (Å²) in [6, 6.07) is 15.0. The molecule has 0 saturated carbocycles. The Morgan fingerprint density at radius 2 is 1.93 bits per heavy atom.